The summed E-state index contributed by atoms with van der Waals surface area (Å²) in [6.07, 6.45) is 2.09. The van der Waals surface area contributed by atoms with Crippen LogP contribution in [0.1, 0.15) is 44.9 Å². The molecule has 5 nitrogen and oxygen atoms in total. The van der Waals surface area contributed by atoms with Crippen molar-refractivity contribution >= 4 is 16.1 Å². The summed E-state index contributed by atoms with van der Waals surface area (Å²) in [5.41, 5.74) is -0.427. The van der Waals surface area contributed by atoms with Crippen LogP contribution in [0.15, 0.2) is 0 Å². The minimum Gasteiger partial charge on any atom is -0.465 e. The van der Waals surface area contributed by atoms with E-state index in [4.69, 9.17) is 9.29 Å². The van der Waals surface area contributed by atoms with Crippen LogP contribution >= 0.6 is 0 Å². The molecule has 0 saturated heterocycles. The van der Waals surface area contributed by atoms with Crippen LogP contribution in [0.3, 0.4) is 0 Å². The Kier molecular flexibility index (Phi) is 4.18. The average Bonchev–Trinajstić information content (AvgIpc) is 3.25. The van der Waals surface area contributed by atoms with Crippen LogP contribution in [0.4, 0.5) is 17.6 Å². The van der Waals surface area contributed by atoms with E-state index in [0.717, 1.165) is 12.8 Å². The summed E-state index contributed by atoms with van der Waals surface area (Å²) >= 11 is 0. The zero-order chi connectivity index (χ0) is 19.8. The van der Waals surface area contributed by atoms with E-state index in [1.54, 1.807) is 0 Å². The van der Waals surface area contributed by atoms with E-state index in [1.165, 1.54) is 12.8 Å². The zero-order valence-electron chi connectivity index (χ0n) is 14.5. The molecule has 4 rings (SSSR count). The fourth-order valence-corrected chi connectivity index (χ4v) is 7.19. The summed E-state index contributed by atoms with van der Waals surface area (Å²) in [6.45, 7) is -0.161. The Labute approximate surface area is 154 Å². The Morgan fingerprint density at radius 3 is 2.15 bits per heavy atom. The normalized spacial score (nSPS) is 39.5. The van der Waals surface area contributed by atoms with E-state index in [2.05, 4.69) is 0 Å². The number of carbonyl (C=O) groups is 1. The molecule has 1 N–H and O–H groups in total. The van der Waals surface area contributed by atoms with E-state index in [-0.39, 0.29) is 19.0 Å². The molecular formula is C17H22F4O5S. The molecule has 4 fully saturated rings. The summed E-state index contributed by atoms with van der Waals surface area (Å²) in [7, 11) is -6.21. The largest absolute Gasteiger partial charge is 0.465 e. The van der Waals surface area contributed by atoms with Gasteiger partial charge in [-0.05, 0) is 68.1 Å². The van der Waals surface area contributed by atoms with Crippen LogP contribution in [-0.2, 0) is 19.6 Å². The van der Waals surface area contributed by atoms with Gasteiger partial charge in [0.25, 0.3) is 0 Å². The Hall–Kier alpha value is -0.900. The SMILES string of the molecule is O=C(OCCCCC(F)(F)C(F)(F)S(=O)(=O)O)C12CC3CC4CC(C1)C3C42. The third kappa shape index (κ3) is 2.58. The molecule has 4 saturated carbocycles. The molecule has 4 aliphatic rings. The minimum absolute atomic E-state index is 0.0800. The molecule has 4 aliphatic carbocycles. The molecule has 0 aromatic carbocycles. The quantitative estimate of drug-likeness (QED) is 0.285. The lowest BCUT2D eigenvalue weighted by molar-refractivity contribution is -0.167. The van der Waals surface area contributed by atoms with Crippen molar-refractivity contribution < 1.29 is 40.1 Å². The monoisotopic (exact) mass is 414 g/mol. The predicted octanol–water partition coefficient (Wildman–Crippen LogP) is 3.50. The second kappa shape index (κ2) is 5.81. The van der Waals surface area contributed by atoms with Crippen molar-refractivity contribution in [2.24, 2.45) is 35.0 Å². The average molecular weight is 414 g/mol. The molecule has 3 unspecified atom stereocenters. The van der Waals surface area contributed by atoms with Gasteiger partial charge in [-0.2, -0.15) is 26.0 Å². The zero-order valence-corrected chi connectivity index (χ0v) is 15.4. The maximum atomic E-state index is 13.4. The summed E-state index contributed by atoms with van der Waals surface area (Å²) in [4.78, 5) is 12.6. The van der Waals surface area contributed by atoms with Crippen molar-refractivity contribution in [1.82, 2.24) is 0 Å². The lowest BCUT2D eigenvalue weighted by atomic mass is 9.61. The van der Waals surface area contributed by atoms with Gasteiger partial charge in [-0.3, -0.25) is 9.35 Å². The first kappa shape index (κ1) is 19.4. The van der Waals surface area contributed by atoms with Crippen LogP contribution in [0.25, 0.3) is 0 Å². The number of halogens is 4. The fourth-order valence-electron chi connectivity index (χ4n) is 6.71. The maximum Gasteiger partial charge on any atom is 0.431 e. The van der Waals surface area contributed by atoms with Crippen molar-refractivity contribution in [3.8, 4) is 0 Å². The molecule has 0 radical (unpaired) electrons. The van der Waals surface area contributed by atoms with Gasteiger partial charge >= 0.3 is 27.3 Å². The Morgan fingerprint density at radius 2 is 1.67 bits per heavy atom. The first-order valence-electron chi connectivity index (χ1n) is 9.31. The van der Waals surface area contributed by atoms with Crippen LogP contribution < -0.4 is 0 Å². The molecular weight excluding hydrogens is 392 g/mol. The highest BCUT2D eigenvalue weighted by molar-refractivity contribution is 7.87. The first-order valence-corrected chi connectivity index (χ1v) is 10.7. The molecule has 0 amide bonds. The number of hydrogen-bond donors (Lipinski definition) is 1. The summed E-state index contributed by atoms with van der Waals surface area (Å²) in [5.74, 6) is -2.37. The molecule has 0 heterocycles. The summed E-state index contributed by atoms with van der Waals surface area (Å²) in [5, 5.41) is -5.54. The number of hydrogen-bond acceptors (Lipinski definition) is 4. The smallest absolute Gasteiger partial charge is 0.431 e. The van der Waals surface area contributed by atoms with E-state index in [0.29, 0.717) is 29.6 Å². The van der Waals surface area contributed by atoms with E-state index >= 15 is 0 Å². The second-order valence-electron chi connectivity index (χ2n) is 8.71. The van der Waals surface area contributed by atoms with Crippen molar-refractivity contribution in [2.75, 3.05) is 6.61 Å². The highest BCUT2D eigenvalue weighted by atomic mass is 32.2. The molecule has 3 atom stereocenters. The van der Waals surface area contributed by atoms with Crippen molar-refractivity contribution in [3.63, 3.8) is 0 Å². The number of carbonyl (C=O) groups excluding carboxylic acids is 1. The van der Waals surface area contributed by atoms with Gasteiger partial charge in [0.1, 0.15) is 0 Å². The Balaban J connectivity index is 1.25. The van der Waals surface area contributed by atoms with Gasteiger partial charge in [0.15, 0.2) is 0 Å². The standard InChI is InChI=1S/C17H22F4O5S/c18-16(19,17(20,21)27(23,24)25)3-1-2-4-26-14(22)15-7-10-5-9-6-11(8-15)12(10)13(9)15/h9-13H,1-8H2,(H,23,24,25). The first-order chi connectivity index (χ1) is 12.4. The van der Waals surface area contributed by atoms with Gasteiger partial charge in [0, 0.05) is 6.42 Å². The molecule has 6 bridgehead atoms. The van der Waals surface area contributed by atoms with Crippen LogP contribution in [0, 0.1) is 35.0 Å². The van der Waals surface area contributed by atoms with Gasteiger partial charge in [0.2, 0.25) is 0 Å². The van der Waals surface area contributed by atoms with E-state index in [9.17, 15) is 30.8 Å². The molecule has 10 heteroatoms. The molecule has 0 spiro atoms. The third-order valence-corrected chi connectivity index (χ3v) is 8.33. The molecule has 0 aromatic heterocycles. The number of ether oxygens (including phenoxy) is 1. The van der Waals surface area contributed by atoms with Gasteiger partial charge in [-0.25, -0.2) is 0 Å². The van der Waals surface area contributed by atoms with Crippen molar-refractivity contribution in [1.29, 1.82) is 0 Å². The lowest BCUT2D eigenvalue weighted by Gasteiger charge is -2.43. The number of rotatable bonds is 8. The highest BCUT2D eigenvalue weighted by Crippen LogP contribution is 2.78. The summed E-state index contributed by atoms with van der Waals surface area (Å²) < 4.78 is 87.5. The van der Waals surface area contributed by atoms with Crippen LogP contribution in [0.2, 0.25) is 0 Å². The number of esters is 1. The van der Waals surface area contributed by atoms with Gasteiger partial charge in [0.05, 0.1) is 12.0 Å². The number of alkyl halides is 4. The van der Waals surface area contributed by atoms with Gasteiger partial charge < -0.3 is 4.74 Å². The fraction of sp³-hybridized carbons (Fsp3) is 0.941. The maximum absolute atomic E-state index is 13.4. The second-order valence-corrected chi connectivity index (χ2v) is 10.2. The molecule has 27 heavy (non-hydrogen) atoms. The van der Waals surface area contributed by atoms with Crippen LogP contribution in [0.5, 0.6) is 0 Å². The predicted molar refractivity (Wildman–Crippen MR) is 84.6 cm³/mol. The highest BCUT2D eigenvalue weighted by Gasteiger charge is 2.75. The Bertz CT molecular complexity index is 736. The minimum atomic E-state index is -6.21. The van der Waals surface area contributed by atoms with Crippen molar-refractivity contribution in [2.45, 2.75) is 56.1 Å². The van der Waals surface area contributed by atoms with Gasteiger partial charge in [-0.1, -0.05) is 0 Å². The molecule has 154 valence electrons. The van der Waals surface area contributed by atoms with Crippen LogP contribution in [-0.4, -0.2) is 36.7 Å². The third-order valence-electron chi connectivity index (χ3n) is 7.39. The summed E-state index contributed by atoms with van der Waals surface area (Å²) in [6, 6.07) is 0. The van der Waals surface area contributed by atoms with E-state index < -0.39 is 39.6 Å². The number of unbranched alkanes of at least 4 members (excludes halogenated alkanes) is 1. The molecule has 0 aliphatic heterocycles. The van der Waals surface area contributed by atoms with Gasteiger partial charge in [-0.15, -0.1) is 0 Å². The van der Waals surface area contributed by atoms with E-state index in [1.807, 2.05) is 0 Å². The topological polar surface area (TPSA) is 80.7 Å². The van der Waals surface area contributed by atoms with Crippen molar-refractivity contribution in [3.05, 3.63) is 0 Å². The molecule has 0 aromatic rings. The Morgan fingerprint density at radius 1 is 1.07 bits per heavy atom. The lowest BCUT2D eigenvalue weighted by Crippen LogP contribution is -2.46.